The molecule has 19 heteroatoms. The Morgan fingerprint density at radius 2 is 1.19 bits per heavy atom. The molecule has 5 N–H and O–H groups in total. The largest absolute Gasteiger partial charge is 0.400 e. The molecule has 0 amide bonds. The third-order valence-electron chi connectivity index (χ3n) is 6.47. The molecule has 4 heterocycles. The van der Waals surface area contributed by atoms with Crippen molar-refractivity contribution in [1.82, 2.24) is 39.6 Å². The van der Waals surface area contributed by atoms with E-state index in [9.17, 15) is 29.9 Å². The number of nitro benzene ring substituents is 1. The van der Waals surface area contributed by atoms with Gasteiger partial charge in [0.1, 0.15) is 5.69 Å². The van der Waals surface area contributed by atoms with E-state index in [0.717, 1.165) is 26.8 Å². The van der Waals surface area contributed by atoms with Crippen LogP contribution in [0.15, 0.2) is 46.0 Å². The Kier molecular flexibility index (Phi) is 9.96. The number of rotatable bonds is 5. The van der Waals surface area contributed by atoms with Gasteiger partial charge in [0.05, 0.1) is 34.2 Å². The Morgan fingerprint density at radius 1 is 0.767 bits per heavy atom. The van der Waals surface area contributed by atoms with E-state index in [1.807, 2.05) is 15.9 Å². The summed E-state index contributed by atoms with van der Waals surface area (Å²) >= 11 is 0. The van der Waals surface area contributed by atoms with Crippen LogP contribution in [0.1, 0.15) is 7.43 Å². The number of aryl methyl sites for hydroxylation is 2. The molecule has 0 aliphatic carbocycles. The minimum atomic E-state index is -0.542. The van der Waals surface area contributed by atoms with Crippen molar-refractivity contribution in [3.63, 3.8) is 0 Å². The van der Waals surface area contributed by atoms with Gasteiger partial charge in [-0.2, -0.15) is 18.7 Å². The molecule has 2 aromatic carbocycles. The minimum Gasteiger partial charge on any atom is -0.400 e. The summed E-state index contributed by atoms with van der Waals surface area (Å²) < 4.78 is 4.40. The predicted octanol–water partition coefficient (Wildman–Crippen LogP) is -1.97. The molecule has 0 atom stereocenters. The quantitative estimate of drug-likeness (QED) is 0.110. The van der Waals surface area contributed by atoms with Crippen LogP contribution in [-0.2, 0) is 14.1 Å². The number of aliphatic hydroxyl groups excluding tert-OH is 3. The number of aromatic nitrogens is 8. The smallest absolute Gasteiger partial charge is 0.368 e. The summed E-state index contributed by atoms with van der Waals surface area (Å²) in [6, 6.07) is 9.42. The van der Waals surface area contributed by atoms with Crippen molar-refractivity contribution >= 4 is 22.7 Å². The average Bonchev–Trinajstić information content (AvgIpc) is 3.46. The number of aliphatic hydroxyl groups is 3. The van der Waals surface area contributed by atoms with Gasteiger partial charge in [-0.1, -0.05) is 7.43 Å². The first-order valence-corrected chi connectivity index (χ1v) is 12.5. The van der Waals surface area contributed by atoms with Crippen molar-refractivity contribution in [2.75, 3.05) is 48.8 Å². The van der Waals surface area contributed by atoms with Crippen molar-refractivity contribution in [1.29, 1.82) is 0 Å². The highest BCUT2D eigenvalue weighted by Crippen LogP contribution is 2.31. The molecule has 0 unspecified atom stereocenters. The molecular formula is C24H34N12O7. The Bertz CT molecular complexity index is 1680. The highest BCUT2D eigenvalue weighted by Gasteiger charge is 2.29. The van der Waals surface area contributed by atoms with Gasteiger partial charge in [-0.3, -0.25) is 10.1 Å². The van der Waals surface area contributed by atoms with Gasteiger partial charge in [-0.25, -0.2) is 9.59 Å². The van der Waals surface area contributed by atoms with Gasteiger partial charge in [-0.15, -0.1) is 0 Å². The molecule has 2 aliphatic heterocycles. The molecule has 2 aromatic heterocycles. The fourth-order valence-electron chi connectivity index (χ4n) is 4.27. The van der Waals surface area contributed by atoms with Crippen molar-refractivity contribution < 1.29 is 20.2 Å². The number of nitro groups is 1. The van der Waals surface area contributed by atoms with Crippen LogP contribution in [0.4, 0.5) is 22.7 Å². The number of benzene rings is 2. The summed E-state index contributed by atoms with van der Waals surface area (Å²) in [6.45, 7) is 1.87. The maximum absolute atomic E-state index is 12.0. The summed E-state index contributed by atoms with van der Waals surface area (Å²) in [7, 11) is 3.97. The lowest BCUT2D eigenvalue weighted by Crippen LogP contribution is -2.51. The number of nitrogens with zero attached hydrogens (tertiary/aromatic N) is 11. The fraction of sp³-hybridized carbons (Fsp3) is 0.417. The molecule has 2 aliphatic rings. The summed E-state index contributed by atoms with van der Waals surface area (Å²) in [5.74, 6) is 0. The first-order chi connectivity index (χ1) is 20.0. The topological polar surface area (TPSA) is 242 Å². The highest BCUT2D eigenvalue weighted by molar-refractivity contribution is 5.69. The summed E-state index contributed by atoms with van der Waals surface area (Å²) in [5.41, 5.74) is 7.57. The van der Waals surface area contributed by atoms with Crippen LogP contribution in [0, 0.1) is 10.1 Å². The van der Waals surface area contributed by atoms with Crippen LogP contribution >= 0.6 is 0 Å². The Morgan fingerprint density at radius 3 is 1.56 bits per heavy atom. The van der Waals surface area contributed by atoms with Crippen LogP contribution in [-0.4, -0.2) is 105 Å². The summed E-state index contributed by atoms with van der Waals surface area (Å²) in [4.78, 5) is 38.0. The van der Waals surface area contributed by atoms with E-state index in [1.54, 1.807) is 18.2 Å². The molecule has 0 radical (unpaired) electrons. The Labute approximate surface area is 244 Å². The third-order valence-corrected chi connectivity index (χ3v) is 6.47. The zero-order valence-corrected chi connectivity index (χ0v) is 22.9. The van der Waals surface area contributed by atoms with Crippen molar-refractivity contribution in [3.05, 3.63) is 67.5 Å². The number of hydrogen-bond acceptors (Lipinski definition) is 14. The number of hydrogen-bond donors (Lipinski definition) is 4. The molecule has 2 saturated heterocycles. The van der Waals surface area contributed by atoms with Crippen molar-refractivity contribution in [3.8, 4) is 11.4 Å². The van der Waals surface area contributed by atoms with Crippen LogP contribution in [0.3, 0.4) is 0 Å². The van der Waals surface area contributed by atoms with E-state index < -0.39 is 16.7 Å². The third kappa shape index (κ3) is 6.52. The van der Waals surface area contributed by atoms with Gasteiger partial charge in [0.2, 0.25) is 0 Å². The van der Waals surface area contributed by atoms with Gasteiger partial charge in [0.15, 0.2) is 0 Å². The van der Waals surface area contributed by atoms with Gasteiger partial charge < -0.3 is 30.9 Å². The van der Waals surface area contributed by atoms with Crippen molar-refractivity contribution in [2.24, 2.45) is 14.1 Å². The lowest BCUT2D eigenvalue weighted by molar-refractivity contribution is -0.384. The summed E-state index contributed by atoms with van der Waals surface area (Å²) in [5, 5.41) is 51.5. The second-order valence-electron chi connectivity index (χ2n) is 9.39. The number of non-ortho nitro benzene ring substituents is 1. The zero-order valence-electron chi connectivity index (χ0n) is 22.9. The lowest BCUT2D eigenvalue weighted by Gasteiger charge is -2.38. The molecule has 4 aromatic rings. The second-order valence-corrected chi connectivity index (χ2v) is 9.39. The first-order valence-electron chi connectivity index (χ1n) is 12.5. The number of anilines is 3. The Hall–Kier alpha value is -5.14. The predicted molar refractivity (Wildman–Crippen MR) is 156 cm³/mol. The maximum Gasteiger partial charge on any atom is 0.368 e. The van der Waals surface area contributed by atoms with E-state index in [2.05, 4.69) is 20.9 Å². The van der Waals surface area contributed by atoms with Gasteiger partial charge in [0.25, 0.3) is 5.69 Å². The monoisotopic (exact) mass is 602 g/mol. The zero-order chi connectivity index (χ0) is 30.7. The molecule has 232 valence electrons. The lowest BCUT2D eigenvalue weighted by atomic mass is 10.1. The first kappa shape index (κ1) is 32.4. The summed E-state index contributed by atoms with van der Waals surface area (Å²) in [6.07, 6.45) is -0.768. The van der Waals surface area contributed by atoms with E-state index in [0.29, 0.717) is 43.2 Å². The van der Waals surface area contributed by atoms with E-state index >= 15 is 0 Å². The molecule has 0 saturated carbocycles. The molecule has 19 nitrogen and oxygen atoms in total. The number of nitrogens with two attached hydrogens (primary N) is 1. The SMILES string of the molecule is C.CO.Cn1nnn(-c2cc(N)ccc2N2CC(O)C2)c1=O.Cn1nnn(-c2cc([N+](=O)[O-])ccc2N2CC(O)C2)c1=O. The average molecular weight is 603 g/mol. The molecular weight excluding hydrogens is 568 g/mol. The van der Waals surface area contributed by atoms with Crippen LogP contribution in [0.2, 0.25) is 0 Å². The molecule has 6 rings (SSSR count). The number of nitrogen functional groups attached to an aromatic ring is 1. The van der Waals surface area contributed by atoms with Gasteiger partial charge in [-0.05, 0) is 45.1 Å². The van der Waals surface area contributed by atoms with Crippen LogP contribution < -0.4 is 26.9 Å². The van der Waals surface area contributed by atoms with Crippen LogP contribution in [0.5, 0.6) is 0 Å². The molecule has 2 fully saturated rings. The fourth-order valence-corrected chi connectivity index (χ4v) is 4.27. The Balaban J connectivity index is 0.000000219. The normalized spacial score (nSPS) is 14.4. The second kappa shape index (κ2) is 13.2. The standard InChI is InChI=1S/C11H12N6O4.C11H14N6O2.CH4O.CH4/c1-14-11(19)16(13-12-14)10-4-7(17(20)21)2-3-9(10)15-5-8(18)6-15;1-15-11(19)17(14-13-15)10-4-7(12)2-3-9(10)16-5-8(18)6-16;1-2;/h2-4,8,18H,5-6H2,1H3;2-4,8,18H,5-6,12H2,1H3;2H,1H3;1H4. The van der Waals surface area contributed by atoms with E-state index in [4.69, 9.17) is 10.8 Å². The molecule has 43 heavy (non-hydrogen) atoms. The van der Waals surface area contributed by atoms with E-state index in [1.165, 1.54) is 30.9 Å². The van der Waals surface area contributed by atoms with E-state index in [-0.39, 0.29) is 30.6 Å². The maximum atomic E-state index is 12.0. The minimum absolute atomic E-state index is 0. The van der Waals surface area contributed by atoms with Crippen LogP contribution in [0.25, 0.3) is 11.4 Å². The highest BCUT2D eigenvalue weighted by atomic mass is 16.6. The number of β-amino-alcohol motifs (C(OH)–C–C–N with tert-alkyl or cyclic N) is 2. The van der Waals surface area contributed by atoms with Crippen molar-refractivity contribution in [2.45, 2.75) is 19.6 Å². The van der Waals surface area contributed by atoms with Gasteiger partial charge in [0, 0.05) is 65.2 Å². The molecule has 0 spiro atoms. The molecule has 0 bridgehead atoms. The van der Waals surface area contributed by atoms with Gasteiger partial charge >= 0.3 is 11.4 Å². The number of tetrazole rings is 2.